The van der Waals surface area contributed by atoms with Gasteiger partial charge >= 0.3 is 5.97 Å². The fraction of sp³-hybridized carbons (Fsp3) is 0.308. The predicted octanol–water partition coefficient (Wildman–Crippen LogP) is 1.62. The number of thiophene rings is 1. The van der Waals surface area contributed by atoms with Gasteiger partial charge in [-0.2, -0.15) is 0 Å². The molecule has 0 unspecified atom stereocenters. The van der Waals surface area contributed by atoms with Gasteiger partial charge in [0.1, 0.15) is 6.54 Å². The highest BCUT2D eigenvalue weighted by Crippen LogP contribution is 2.25. The highest BCUT2D eigenvalue weighted by molar-refractivity contribution is 8.01. The van der Waals surface area contributed by atoms with Crippen molar-refractivity contribution in [3.63, 3.8) is 0 Å². The van der Waals surface area contributed by atoms with Crippen LogP contribution in [0.25, 0.3) is 0 Å². The molecule has 2 heterocycles. The first-order chi connectivity index (χ1) is 11.6. The lowest BCUT2D eigenvalue weighted by Crippen LogP contribution is -2.31. The maximum absolute atomic E-state index is 11.9. The number of hydrogen-bond donors (Lipinski definition) is 2. The van der Waals surface area contributed by atoms with Crippen LogP contribution in [0.1, 0.15) is 16.6 Å². The van der Waals surface area contributed by atoms with Crippen molar-refractivity contribution >= 4 is 57.4 Å². The number of hydrogen-bond acceptors (Lipinski definition) is 9. The molecule has 0 atom stereocenters. The number of esters is 1. The molecule has 128 valence electrons. The monoisotopic (exact) mass is 386 g/mol. The quantitative estimate of drug-likeness (QED) is 0.403. The van der Waals surface area contributed by atoms with Gasteiger partial charge in [0.25, 0.3) is 5.91 Å². The van der Waals surface area contributed by atoms with Crippen LogP contribution in [-0.4, -0.2) is 46.9 Å². The minimum Gasteiger partial charge on any atom is -0.465 e. The Bertz CT molecular complexity index is 702. The Balaban J connectivity index is 1.74. The van der Waals surface area contributed by atoms with Crippen molar-refractivity contribution in [2.75, 3.05) is 24.2 Å². The number of amides is 2. The fourth-order valence-electron chi connectivity index (χ4n) is 1.45. The molecule has 2 aromatic rings. The van der Waals surface area contributed by atoms with E-state index in [1.54, 1.807) is 19.1 Å². The summed E-state index contributed by atoms with van der Waals surface area (Å²) in [6.45, 7) is 1.81. The summed E-state index contributed by atoms with van der Waals surface area (Å²) in [6, 6.07) is 3.50. The summed E-state index contributed by atoms with van der Waals surface area (Å²) in [5.41, 5.74) is 0. The van der Waals surface area contributed by atoms with E-state index in [4.69, 9.17) is 4.74 Å². The van der Waals surface area contributed by atoms with Crippen LogP contribution in [0.5, 0.6) is 0 Å². The Labute approximate surface area is 150 Å². The van der Waals surface area contributed by atoms with E-state index in [-0.39, 0.29) is 30.7 Å². The lowest BCUT2D eigenvalue weighted by atomic mass is 10.4. The largest absolute Gasteiger partial charge is 0.465 e. The molecular weight excluding hydrogens is 372 g/mol. The zero-order chi connectivity index (χ0) is 17.4. The molecule has 0 aliphatic carbocycles. The van der Waals surface area contributed by atoms with Gasteiger partial charge < -0.3 is 10.1 Å². The molecule has 0 saturated carbocycles. The number of nitrogens with zero attached hydrogens (tertiary/aromatic N) is 2. The van der Waals surface area contributed by atoms with Crippen molar-refractivity contribution in [1.82, 2.24) is 15.5 Å². The summed E-state index contributed by atoms with van der Waals surface area (Å²) in [5, 5.41) is 15.0. The normalized spacial score (nSPS) is 10.2. The first-order valence-electron chi connectivity index (χ1n) is 6.82. The predicted molar refractivity (Wildman–Crippen MR) is 92.5 cm³/mol. The molecule has 0 radical (unpaired) electrons. The van der Waals surface area contributed by atoms with Crippen molar-refractivity contribution < 1.29 is 19.1 Å². The maximum atomic E-state index is 11.9. The second-order valence-corrected chi connectivity index (χ2v) is 7.32. The van der Waals surface area contributed by atoms with Gasteiger partial charge in [-0.25, -0.2) is 0 Å². The topological polar surface area (TPSA) is 110 Å². The number of ether oxygens (including phenoxy) is 1. The van der Waals surface area contributed by atoms with Crippen LogP contribution in [0.2, 0.25) is 0 Å². The second-order valence-electron chi connectivity index (χ2n) is 4.17. The Kier molecular flexibility index (Phi) is 7.15. The van der Waals surface area contributed by atoms with Crippen molar-refractivity contribution in [3.05, 3.63) is 22.4 Å². The van der Waals surface area contributed by atoms with Crippen molar-refractivity contribution in [2.45, 2.75) is 11.3 Å². The molecule has 0 aliphatic heterocycles. The third-order valence-corrected chi connectivity index (χ3v) is 5.27. The number of rotatable bonds is 8. The molecule has 24 heavy (non-hydrogen) atoms. The van der Waals surface area contributed by atoms with Crippen molar-refractivity contribution in [2.24, 2.45) is 0 Å². The van der Waals surface area contributed by atoms with Crippen LogP contribution < -0.4 is 10.6 Å². The summed E-state index contributed by atoms with van der Waals surface area (Å²) < 4.78 is 5.25. The average molecular weight is 386 g/mol. The fourth-order valence-corrected chi connectivity index (χ4v) is 3.64. The van der Waals surface area contributed by atoms with Gasteiger partial charge in [0.15, 0.2) is 4.34 Å². The molecule has 2 aromatic heterocycles. The highest BCUT2D eigenvalue weighted by atomic mass is 32.2. The lowest BCUT2D eigenvalue weighted by Gasteiger charge is -2.03. The minimum atomic E-state index is -0.481. The van der Waals surface area contributed by atoms with Gasteiger partial charge in [0.2, 0.25) is 11.0 Å². The maximum Gasteiger partial charge on any atom is 0.325 e. The van der Waals surface area contributed by atoms with Gasteiger partial charge in [0.05, 0.1) is 17.2 Å². The van der Waals surface area contributed by atoms with Crippen LogP contribution in [0, 0.1) is 0 Å². The van der Waals surface area contributed by atoms with Crippen molar-refractivity contribution in [1.29, 1.82) is 0 Å². The van der Waals surface area contributed by atoms with E-state index in [2.05, 4.69) is 20.8 Å². The summed E-state index contributed by atoms with van der Waals surface area (Å²) in [7, 11) is 0. The zero-order valence-electron chi connectivity index (χ0n) is 12.6. The smallest absolute Gasteiger partial charge is 0.325 e. The summed E-state index contributed by atoms with van der Waals surface area (Å²) in [6.07, 6.45) is 0. The van der Waals surface area contributed by atoms with Gasteiger partial charge in [-0.1, -0.05) is 29.2 Å². The van der Waals surface area contributed by atoms with Gasteiger partial charge in [-0.15, -0.1) is 21.5 Å². The Hall–Kier alpha value is -1.98. The van der Waals surface area contributed by atoms with Gasteiger partial charge in [-0.3, -0.25) is 19.7 Å². The first-order valence-corrected chi connectivity index (χ1v) is 9.50. The van der Waals surface area contributed by atoms with E-state index in [9.17, 15) is 14.4 Å². The number of anilines is 1. The Morgan fingerprint density at radius 2 is 2.17 bits per heavy atom. The van der Waals surface area contributed by atoms with Gasteiger partial charge in [-0.05, 0) is 18.4 Å². The number of carbonyl (C=O) groups excluding carboxylic acids is 3. The molecule has 0 aliphatic rings. The van der Waals surface area contributed by atoms with E-state index in [0.717, 1.165) is 0 Å². The average Bonchev–Trinajstić information content (AvgIpc) is 3.23. The van der Waals surface area contributed by atoms with E-state index in [0.29, 0.717) is 14.3 Å². The molecule has 2 rings (SSSR count). The van der Waals surface area contributed by atoms with E-state index < -0.39 is 5.97 Å². The molecule has 11 heteroatoms. The minimum absolute atomic E-state index is 0.0902. The number of carbonyl (C=O) groups is 3. The molecule has 2 N–H and O–H groups in total. The summed E-state index contributed by atoms with van der Waals surface area (Å²) >= 11 is 3.68. The lowest BCUT2D eigenvalue weighted by molar-refractivity contribution is -0.143. The molecule has 8 nitrogen and oxygen atoms in total. The van der Waals surface area contributed by atoms with Crippen LogP contribution in [0.4, 0.5) is 5.13 Å². The van der Waals surface area contributed by atoms with Gasteiger partial charge in [0, 0.05) is 0 Å². The molecule has 0 saturated heterocycles. The molecule has 2 amide bonds. The molecule has 0 aromatic carbocycles. The van der Waals surface area contributed by atoms with Crippen LogP contribution in [0.15, 0.2) is 21.9 Å². The number of nitrogens with one attached hydrogen (secondary N) is 2. The third kappa shape index (κ3) is 5.91. The molecular formula is C13H14N4O4S3. The van der Waals surface area contributed by atoms with E-state index >= 15 is 0 Å². The van der Waals surface area contributed by atoms with Crippen LogP contribution >= 0.6 is 34.4 Å². The second kappa shape index (κ2) is 9.35. The van der Waals surface area contributed by atoms with E-state index in [1.165, 1.54) is 34.4 Å². The summed E-state index contributed by atoms with van der Waals surface area (Å²) in [4.78, 5) is 35.2. The Morgan fingerprint density at radius 3 is 2.88 bits per heavy atom. The van der Waals surface area contributed by atoms with Crippen molar-refractivity contribution in [3.8, 4) is 0 Å². The SMILES string of the molecule is CCOC(=O)CNC(=O)CSc1nnc(NC(=O)c2cccs2)s1. The molecule has 0 fully saturated rings. The highest BCUT2D eigenvalue weighted by Gasteiger charge is 2.12. The zero-order valence-corrected chi connectivity index (χ0v) is 15.1. The Morgan fingerprint density at radius 1 is 1.33 bits per heavy atom. The van der Waals surface area contributed by atoms with E-state index in [1.807, 2.05) is 5.38 Å². The van der Waals surface area contributed by atoms with Crippen LogP contribution in [0.3, 0.4) is 0 Å². The number of aromatic nitrogens is 2. The first kappa shape index (κ1) is 18.4. The van der Waals surface area contributed by atoms with Crippen LogP contribution in [-0.2, 0) is 14.3 Å². The standard InChI is InChI=1S/C13H14N4O4S3/c1-2-21-10(19)6-14-9(18)7-23-13-17-16-12(24-13)15-11(20)8-4-3-5-22-8/h3-5H,2,6-7H2,1H3,(H,14,18)(H,15,16,20). The molecule has 0 spiro atoms. The third-order valence-electron chi connectivity index (χ3n) is 2.43. The molecule has 0 bridgehead atoms. The summed E-state index contributed by atoms with van der Waals surface area (Å²) in [5.74, 6) is -0.949. The number of thioether (sulfide) groups is 1.